The predicted octanol–water partition coefficient (Wildman–Crippen LogP) is 6.14. The maximum absolute atomic E-state index is 15.3. The van der Waals surface area contributed by atoms with E-state index in [4.69, 9.17) is 18.9 Å². The Hall–Kier alpha value is -4.82. The summed E-state index contributed by atoms with van der Waals surface area (Å²) in [5, 5.41) is 15.0. The molecule has 3 aromatic carbocycles. The van der Waals surface area contributed by atoms with Crippen LogP contribution in [0.1, 0.15) is 58.6 Å². The van der Waals surface area contributed by atoms with Crippen LogP contribution in [-0.4, -0.2) is 83.9 Å². The SMILES string of the molecule is CC(C)(C)OC(=O)NC(C(=O)Nc1cccc(F)c1OC[C@@H]1CN(C(=O)OC(C)(C)C)[C@H](CO)CO1)C(c1ccc(F)cc1)c1ccc(F)cc1. The Bertz CT molecular complexity index is 1610. The van der Waals surface area contributed by atoms with Gasteiger partial charge in [0.1, 0.15) is 41.6 Å². The smallest absolute Gasteiger partial charge is 0.410 e. The Labute approximate surface area is 295 Å². The summed E-state index contributed by atoms with van der Waals surface area (Å²) in [6.45, 7) is 9.37. The van der Waals surface area contributed by atoms with Crippen molar-refractivity contribution in [3.05, 3.63) is 95.3 Å². The Morgan fingerprint density at radius 1 is 0.882 bits per heavy atom. The van der Waals surface area contributed by atoms with Crippen LogP contribution in [0.2, 0.25) is 0 Å². The van der Waals surface area contributed by atoms with E-state index in [1.165, 1.54) is 65.6 Å². The van der Waals surface area contributed by atoms with Crippen LogP contribution < -0.4 is 15.4 Å². The normalized spacial score (nSPS) is 17.0. The molecule has 3 aromatic rings. The number of nitrogens with one attached hydrogen (secondary N) is 2. The molecule has 51 heavy (non-hydrogen) atoms. The van der Waals surface area contributed by atoms with Gasteiger partial charge >= 0.3 is 12.2 Å². The van der Waals surface area contributed by atoms with E-state index < -0.39 is 70.9 Å². The van der Waals surface area contributed by atoms with Crippen molar-refractivity contribution < 1.29 is 51.6 Å². The van der Waals surface area contributed by atoms with Gasteiger partial charge in [0, 0.05) is 5.92 Å². The zero-order chi connectivity index (χ0) is 37.5. The van der Waals surface area contributed by atoms with E-state index in [0.717, 1.165) is 6.07 Å². The Kier molecular flexibility index (Phi) is 12.6. The van der Waals surface area contributed by atoms with Gasteiger partial charge in [-0.15, -0.1) is 0 Å². The summed E-state index contributed by atoms with van der Waals surface area (Å²) in [5.74, 6) is -4.08. The first-order valence-corrected chi connectivity index (χ1v) is 16.4. The molecule has 276 valence electrons. The van der Waals surface area contributed by atoms with Crippen molar-refractivity contribution in [3.63, 3.8) is 0 Å². The van der Waals surface area contributed by atoms with Crippen LogP contribution in [0.3, 0.4) is 0 Å². The molecule has 1 fully saturated rings. The van der Waals surface area contributed by atoms with Crippen LogP contribution in [0, 0.1) is 17.5 Å². The van der Waals surface area contributed by atoms with Gasteiger partial charge in [-0.3, -0.25) is 9.69 Å². The number of aliphatic hydroxyl groups excluding tert-OH is 1. The van der Waals surface area contributed by atoms with Gasteiger partial charge in [-0.1, -0.05) is 30.3 Å². The molecule has 0 radical (unpaired) electrons. The Balaban J connectivity index is 1.63. The molecule has 14 heteroatoms. The molecule has 0 spiro atoms. The van der Waals surface area contributed by atoms with Gasteiger partial charge < -0.3 is 34.7 Å². The molecule has 3 N–H and O–H groups in total. The molecule has 1 heterocycles. The van der Waals surface area contributed by atoms with Crippen LogP contribution >= 0.6 is 0 Å². The highest BCUT2D eigenvalue weighted by Crippen LogP contribution is 2.33. The number of anilines is 1. The number of carbonyl (C=O) groups is 3. The second-order valence-electron chi connectivity index (χ2n) is 14.0. The standard InChI is InChI=1S/C37H44F3N3O8/c1-36(2,3)50-34(46)42-31(30(22-10-14-24(38)15-11-22)23-12-16-25(39)17-13-23)33(45)41-29-9-7-8-28(40)32(29)49-21-27-18-43(26(19-44)20-48-27)35(47)51-37(4,5)6/h7-17,26-27,30-31,44H,18-21H2,1-6H3,(H,41,45)(H,42,46)/t26-,27+,31?/m1/s1. The van der Waals surface area contributed by atoms with E-state index in [9.17, 15) is 28.3 Å². The number of morpholine rings is 1. The summed E-state index contributed by atoms with van der Waals surface area (Å²) in [6.07, 6.45) is -2.36. The lowest BCUT2D eigenvalue weighted by molar-refractivity contribution is -0.118. The highest BCUT2D eigenvalue weighted by molar-refractivity contribution is 5.98. The van der Waals surface area contributed by atoms with Crippen molar-refractivity contribution in [2.75, 3.05) is 31.7 Å². The Morgan fingerprint density at radius 2 is 1.45 bits per heavy atom. The summed E-state index contributed by atoms with van der Waals surface area (Å²) in [7, 11) is 0. The monoisotopic (exact) mass is 715 g/mol. The highest BCUT2D eigenvalue weighted by Gasteiger charge is 2.37. The van der Waals surface area contributed by atoms with Gasteiger partial charge in [-0.05, 0) is 89.1 Å². The molecule has 4 rings (SSSR count). The molecule has 11 nitrogen and oxygen atoms in total. The molecule has 1 saturated heterocycles. The number of benzene rings is 3. The van der Waals surface area contributed by atoms with Crippen LogP contribution in [0.4, 0.5) is 28.4 Å². The third-order valence-corrected chi connectivity index (χ3v) is 7.59. The number of halogens is 3. The van der Waals surface area contributed by atoms with E-state index in [1.54, 1.807) is 41.5 Å². The molecule has 3 atom stereocenters. The number of carbonyl (C=O) groups excluding carboxylic acids is 3. The first-order chi connectivity index (χ1) is 23.9. The van der Waals surface area contributed by atoms with Crippen molar-refractivity contribution in [2.45, 2.75) is 76.9 Å². The fraction of sp³-hybridized carbons (Fsp3) is 0.432. The molecular weight excluding hydrogens is 671 g/mol. The van der Waals surface area contributed by atoms with Gasteiger partial charge in [-0.2, -0.15) is 0 Å². The van der Waals surface area contributed by atoms with E-state index in [2.05, 4.69) is 10.6 Å². The lowest BCUT2D eigenvalue weighted by Gasteiger charge is -2.39. The van der Waals surface area contributed by atoms with Crippen molar-refractivity contribution in [2.24, 2.45) is 0 Å². The van der Waals surface area contributed by atoms with Crippen LogP contribution in [0.5, 0.6) is 5.75 Å². The topological polar surface area (TPSA) is 136 Å². The quantitative estimate of drug-likeness (QED) is 0.228. The van der Waals surface area contributed by atoms with Gasteiger partial charge in [0.15, 0.2) is 11.6 Å². The molecule has 3 amide bonds. The number of amides is 3. The number of hydrogen-bond donors (Lipinski definition) is 3. The van der Waals surface area contributed by atoms with Crippen LogP contribution in [0.15, 0.2) is 66.7 Å². The number of para-hydroxylation sites is 1. The Morgan fingerprint density at radius 3 is 1.98 bits per heavy atom. The number of alkyl carbamates (subject to hydrolysis) is 1. The lowest BCUT2D eigenvalue weighted by atomic mass is 9.84. The fourth-order valence-corrected chi connectivity index (χ4v) is 5.35. The van der Waals surface area contributed by atoms with Crippen molar-refractivity contribution in [3.8, 4) is 5.75 Å². The summed E-state index contributed by atoms with van der Waals surface area (Å²) >= 11 is 0. The number of aliphatic hydroxyl groups is 1. The third kappa shape index (κ3) is 11.1. The summed E-state index contributed by atoms with van der Waals surface area (Å²) < 4.78 is 65.8. The second-order valence-corrected chi connectivity index (χ2v) is 14.0. The number of rotatable bonds is 10. The number of nitrogens with zero attached hydrogens (tertiary/aromatic N) is 1. The summed E-state index contributed by atoms with van der Waals surface area (Å²) in [5.41, 5.74) is -1.02. The van der Waals surface area contributed by atoms with Crippen molar-refractivity contribution in [1.82, 2.24) is 10.2 Å². The molecule has 1 aliphatic rings. The predicted molar refractivity (Wildman–Crippen MR) is 182 cm³/mol. The van der Waals surface area contributed by atoms with Gasteiger partial charge in [0.25, 0.3) is 0 Å². The second kappa shape index (κ2) is 16.5. The van der Waals surface area contributed by atoms with Crippen LogP contribution in [-0.2, 0) is 19.0 Å². The van der Waals surface area contributed by atoms with E-state index in [1.807, 2.05) is 0 Å². The first kappa shape index (κ1) is 39.0. The molecular formula is C37H44F3N3O8. The molecule has 0 bridgehead atoms. The third-order valence-electron chi connectivity index (χ3n) is 7.59. The largest absolute Gasteiger partial charge is 0.486 e. The fourth-order valence-electron chi connectivity index (χ4n) is 5.35. The van der Waals surface area contributed by atoms with Crippen molar-refractivity contribution in [1.29, 1.82) is 0 Å². The minimum absolute atomic E-state index is 0.0309. The van der Waals surface area contributed by atoms with E-state index >= 15 is 4.39 Å². The first-order valence-electron chi connectivity index (χ1n) is 16.4. The zero-order valence-corrected chi connectivity index (χ0v) is 29.4. The summed E-state index contributed by atoms with van der Waals surface area (Å²) in [4.78, 5) is 41.5. The number of ether oxygens (including phenoxy) is 4. The molecule has 1 aliphatic heterocycles. The maximum Gasteiger partial charge on any atom is 0.410 e. The van der Waals surface area contributed by atoms with Crippen LogP contribution in [0.25, 0.3) is 0 Å². The molecule has 0 aliphatic carbocycles. The molecule has 0 aromatic heterocycles. The minimum Gasteiger partial charge on any atom is -0.486 e. The van der Waals surface area contributed by atoms with E-state index in [-0.39, 0.29) is 37.8 Å². The zero-order valence-electron chi connectivity index (χ0n) is 29.4. The average molecular weight is 716 g/mol. The van der Waals surface area contributed by atoms with E-state index in [0.29, 0.717) is 11.1 Å². The number of hydrogen-bond acceptors (Lipinski definition) is 8. The average Bonchev–Trinajstić information content (AvgIpc) is 3.04. The molecule has 0 saturated carbocycles. The van der Waals surface area contributed by atoms with Gasteiger partial charge in [-0.25, -0.2) is 22.8 Å². The van der Waals surface area contributed by atoms with Gasteiger partial charge in [0.2, 0.25) is 5.91 Å². The molecule has 1 unspecified atom stereocenters. The highest BCUT2D eigenvalue weighted by atomic mass is 19.1. The minimum atomic E-state index is -1.45. The maximum atomic E-state index is 15.3. The van der Waals surface area contributed by atoms with Gasteiger partial charge in [0.05, 0.1) is 31.5 Å². The summed E-state index contributed by atoms with van der Waals surface area (Å²) in [6, 6.07) is 12.2. The lowest BCUT2D eigenvalue weighted by Crippen LogP contribution is -2.56. The van der Waals surface area contributed by atoms with Crippen molar-refractivity contribution >= 4 is 23.8 Å².